The second-order valence-electron chi connectivity index (χ2n) is 9.51. The van der Waals surface area contributed by atoms with Crippen LogP contribution in [-0.4, -0.2) is 29.3 Å². The Hall–Kier alpha value is -3.47. The standard InChI is InChI=1S/C31H37FN2O2/c1-4-20-33-31(36)29(21-25-10-6-5-7-11-25)34(22-27-12-8-9-13-28(27)32)30(35)19-16-24-14-17-26(18-15-24)23(2)3/h5-15,17-18,23,29H,4,16,19-22H2,1-3H3,(H,33,36)/t29-/m0/s1. The molecule has 190 valence electrons. The van der Waals surface area contributed by atoms with E-state index in [2.05, 4.69) is 43.4 Å². The van der Waals surface area contributed by atoms with Gasteiger partial charge in [-0.25, -0.2) is 4.39 Å². The van der Waals surface area contributed by atoms with E-state index in [1.807, 2.05) is 37.3 Å². The number of aryl methyl sites for hydroxylation is 1. The topological polar surface area (TPSA) is 49.4 Å². The van der Waals surface area contributed by atoms with Crippen molar-refractivity contribution in [3.8, 4) is 0 Å². The van der Waals surface area contributed by atoms with Crippen molar-refractivity contribution in [2.24, 2.45) is 0 Å². The van der Waals surface area contributed by atoms with Crippen molar-refractivity contribution in [2.75, 3.05) is 6.54 Å². The number of nitrogens with one attached hydrogen (secondary N) is 1. The van der Waals surface area contributed by atoms with Crippen LogP contribution in [0.25, 0.3) is 0 Å². The molecule has 0 radical (unpaired) electrons. The van der Waals surface area contributed by atoms with Crippen LogP contribution in [0.3, 0.4) is 0 Å². The number of carbonyl (C=O) groups excluding carboxylic acids is 2. The minimum absolute atomic E-state index is 0.0365. The summed E-state index contributed by atoms with van der Waals surface area (Å²) in [5, 5.41) is 2.95. The van der Waals surface area contributed by atoms with Crippen molar-refractivity contribution >= 4 is 11.8 Å². The van der Waals surface area contributed by atoms with Gasteiger partial charge in [0.1, 0.15) is 11.9 Å². The second-order valence-corrected chi connectivity index (χ2v) is 9.51. The molecule has 1 atom stereocenters. The van der Waals surface area contributed by atoms with Crippen molar-refractivity contribution < 1.29 is 14.0 Å². The Balaban J connectivity index is 1.87. The lowest BCUT2D eigenvalue weighted by molar-refractivity contribution is -0.141. The van der Waals surface area contributed by atoms with Crippen LogP contribution in [0.4, 0.5) is 4.39 Å². The molecule has 2 amide bonds. The van der Waals surface area contributed by atoms with Gasteiger partial charge in [0.2, 0.25) is 11.8 Å². The molecule has 0 spiro atoms. The summed E-state index contributed by atoms with van der Waals surface area (Å²) in [6.07, 6.45) is 1.94. The lowest BCUT2D eigenvalue weighted by Crippen LogP contribution is -2.50. The summed E-state index contributed by atoms with van der Waals surface area (Å²) < 4.78 is 14.6. The van der Waals surface area contributed by atoms with Crippen LogP contribution in [-0.2, 0) is 29.0 Å². The second kappa shape index (κ2) is 13.6. The summed E-state index contributed by atoms with van der Waals surface area (Å²) >= 11 is 0. The minimum Gasteiger partial charge on any atom is -0.354 e. The van der Waals surface area contributed by atoms with E-state index in [1.54, 1.807) is 23.1 Å². The zero-order valence-corrected chi connectivity index (χ0v) is 21.5. The first-order valence-corrected chi connectivity index (χ1v) is 12.8. The van der Waals surface area contributed by atoms with Crippen molar-refractivity contribution in [1.29, 1.82) is 0 Å². The van der Waals surface area contributed by atoms with Crippen LogP contribution < -0.4 is 5.32 Å². The Morgan fingerprint density at radius 2 is 1.56 bits per heavy atom. The fourth-order valence-corrected chi connectivity index (χ4v) is 4.19. The number of benzene rings is 3. The van der Waals surface area contributed by atoms with Gasteiger partial charge in [-0.05, 0) is 41.5 Å². The third-order valence-corrected chi connectivity index (χ3v) is 6.39. The Labute approximate surface area is 214 Å². The van der Waals surface area contributed by atoms with Crippen molar-refractivity contribution in [3.63, 3.8) is 0 Å². The fraction of sp³-hybridized carbons (Fsp3) is 0.355. The molecule has 3 rings (SSSR count). The first-order chi connectivity index (χ1) is 17.4. The van der Waals surface area contributed by atoms with Crippen LogP contribution in [0.2, 0.25) is 0 Å². The van der Waals surface area contributed by atoms with E-state index in [-0.39, 0.29) is 30.6 Å². The Bertz CT molecular complexity index is 1110. The summed E-state index contributed by atoms with van der Waals surface area (Å²) in [6.45, 7) is 6.84. The molecule has 0 aliphatic heterocycles. The van der Waals surface area contributed by atoms with Gasteiger partial charge in [0.15, 0.2) is 0 Å². The summed E-state index contributed by atoms with van der Waals surface area (Å²) in [4.78, 5) is 28.5. The van der Waals surface area contributed by atoms with Crippen molar-refractivity contribution in [1.82, 2.24) is 10.2 Å². The molecule has 1 N–H and O–H groups in total. The molecule has 0 fully saturated rings. The summed E-state index contributed by atoms with van der Waals surface area (Å²) in [6, 6.07) is 23.6. The van der Waals surface area contributed by atoms with E-state index in [4.69, 9.17) is 0 Å². The average Bonchev–Trinajstić information content (AvgIpc) is 2.89. The normalized spacial score (nSPS) is 11.8. The predicted molar refractivity (Wildman–Crippen MR) is 143 cm³/mol. The highest BCUT2D eigenvalue weighted by atomic mass is 19.1. The Kier molecular flexibility index (Phi) is 10.2. The molecule has 3 aromatic carbocycles. The molecule has 0 unspecified atom stereocenters. The molecule has 0 saturated heterocycles. The monoisotopic (exact) mass is 488 g/mol. The highest BCUT2D eigenvalue weighted by Crippen LogP contribution is 2.20. The number of halogens is 1. The molecule has 0 aromatic heterocycles. The molecule has 3 aromatic rings. The highest BCUT2D eigenvalue weighted by molar-refractivity contribution is 5.88. The SMILES string of the molecule is CCCNC(=O)[C@H](Cc1ccccc1)N(Cc1ccccc1F)C(=O)CCc1ccc(C(C)C)cc1. The molecule has 0 aliphatic carbocycles. The molecule has 36 heavy (non-hydrogen) atoms. The summed E-state index contributed by atoms with van der Waals surface area (Å²) in [5.74, 6) is -0.324. The number of nitrogens with zero attached hydrogens (tertiary/aromatic N) is 1. The molecule has 0 heterocycles. The highest BCUT2D eigenvalue weighted by Gasteiger charge is 2.30. The maximum atomic E-state index is 14.6. The molecule has 5 heteroatoms. The molecule has 0 saturated carbocycles. The molecule has 0 bridgehead atoms. The first-order valence-electron chi connectivity index (χ1n) is 12.8. The van der Waals surface area contributed by atoms with Crippen molar-refractivity contribution in [2.45, 2.75) is 65.0 Å². The van der Waals surface area contributed by atoms with Crippen LogP contribution in [0.15, 0.2) is 78.9 Å². The number of rotatable bonds is 12. The van der Waals surface area contributed by atoms with Crippen LogP contribution in [0, 0.1) is 5.82 Å². The van der Waals surface area contributed by atoms with Gasteiger partial charge in [-0.3, -0.25) is 9.59 Å². The smallest absolute Gasteiger partial charge is 0.243 e. The molecule has 0 aliphatic rings. The van der Waals surface area contributed by atoms with Gasteiger partial charge in [-0.2, -0.15) is 0 Å². The predicted octanol–water partition coefficient (Wildman–Crippen LogP) is 6.05. The van der Waals surface area contributed by atoms with Gasteiger partial charge >= 0.3 is 0 Å². The first kappa shape index (κ1) is 27.1. The third kappa shape index (κ3) is 7.77. The average molecular weight is 489 g/mol. The van der Waals surface area contributed by atoms with Gasteiger partial charge in [0, 0.05) is 31.5 Å². The number of carbonyl (C=O) groups is 2. The van der Waals surface area contributed by atoms with E-state index in [0.717, 1.165) is 17.5 Å². The molecule has 4 nitrogen and oxygen atoms in total. The lowest BCUT2D eigenvalue weighted by atomic mass is 9.99. The van der Waals surface area contributed by atoms with E-state index in [9.17, 15) is 14.0 Å². The number of hydrogen-bond acceptors (Lipinski definition) is 2. The third-order valence-electron chi connectivity index (χ3n) is 6.39. The quantitative estimate of drug-likeness (QED) is 0.337. The van der Waals surface area contributed by atoms with E-state index in [0.29, 0.717) is 30.9 Å². The Morgan fingerprint density at radius 1 is 0.889 bits per heavy atom. The minimum atomic E-state index is -0.741. The summed E-state index contributed by atoms with van der Waals surface area (Å²) in [7, 11) is 0. The zero-order valence-electron chi connectivity index (χ0n) is 21.5. The summed E-state index contributed by atoms with van der Waals surface area (Å²) in [5.41, 5.74) is 3.66. The zero-order chi connectivity index (χ0) is 25.9. The van der Waals surface area contributed by atoms with Gasteiger partial charge < -0.3 is 10.2 Å². The van der Waals surface area contributed by atoms with Crippen molar-refractivity contribution in [3.05, 3.63) is 107 Å². The fourth-order valence-electron chi connectivity index (χ4n) is 4.19. The van der Waals surface area contributed by atoms with Crippen LogP contribution in [0.5, 0.6) is 0 Å². The van der Waals surface area contributed by atoms with Gasteiger partial charge in [0.05, 0.1) is 0 Å². The molecular formula is C31H37FN2O2. The van der Waals surface area contributed by atoms with E-state index in [1.165, 1.54) is 11.6 Å². The lowest BCUT2D eigenvalue weighted by Gasteiger charge is -2.32. The Morgan fingerprint density at radius 3 is 2.19 bits per heavy atom. The van der Waals surface area contributed by atoms with E-state index < -0.39 is 6.04 Å². The van der Waals surface area contributed by atoms with Gasteiger partial charge in [-0.15, -0.1) is 0 Å². The van der Waals surface area contributed by atoms with Crippen LogP contribution >= 0.6 is 0 Å². The van der Waals surface area contributed by atoms with E-state index >= 15 is 0 Å². The number of hydrogen-bond donors (Lipinski definition) is 1. The molecular weight excluding hydrogens is 451 g/mol. The maximum Gasteiger partial charge on any atom is 0.243 e. The number of amides is 2. The van der Waals surface area contributed by atoms with Gasteiger partial charge in [0.25, 0.3) is 0 Å². The maximum absolute atomic E-state index is 14.6. The van der Waals surface area contributed by atoms with Crippen LogP contribution in [0.1, 0.15) is 61.8 Å². The largest absolute Gasteiger partial charge is 0.354 e. The van der Waals surface area contributed by atoms with Gasteiger partial charge in [-0.1, -0.05) is 93.6 Å².